The normalized spacial score (nSPS) is 15.2. The molecule has 0 bridgehead atoms. The number of hydrogen-bond donors (Lipinski definition) is 5. The van der Waals surface area contributed by atoms with Gasteiger partial charge in [-0.05, 0) is 17.7 Å². The van der Waals surface area contributed by atoms with Crippen molar-refractivity contribution in [2.75, 3.05) is 6.61 Å². The highest BCUT2D eigenvalue weighted by Crippen LogP contribution is 2.17. The molecule has 7 N–H and O–H groups in total. The largest absolute Gasteiger partial charge is 0.395 e. The van der Waals surface area contributed by atoms with Crippen molar-refractivity contribution in [1.29, 1.82) is 0 Å². The number of aromatic nitrogens is 2. The first kappa shape index (κ1) is 10.9. The molecule has 2 rings (SSSR count). The van der Waals surface area contributed by atoms with Crippen LogP contribution < -0.4 is 17.2 Å². The number of aliphatic hydroxyl groups is 1. The zero-order chi connectivity index (χ0) is 11.7. The average Bonchev–Trinajstić information content (AvgIpc) is 2.65. The predicted molar refractivity (Wildman–Crippen MR) is 60.9 cm³/mol. The van der Waals surface area contributed by atoms with E-state index in [0.29, 0.717) is 5.52 Å². The summed E-state index contributed by atoms with van der Waals surface area (Å²) in [4.78, 5) is 16.3. The number of rotatable bonds is 3. The Balaban J connectivity index is 2.42. The lowest BCUT2D eigenvalue weighted by molar-refractivity contribution is 0.250. The maximum Gasteiger partial charge on any atom is 0.323 e. The van der Waals surface area contributed by atoms with Gasteiger partial charge in [0.1, 0.15) is 0 Å². The van der Waals surface area contributed by atoms with Crippen molar-refractivity contribution in [3.8, 4) is 0 Å². The minimum absolute atomic E-state index is 0.178. The maximum absolute atomic E-state index is 11.1. The van der Waals surface area contributed by atoms with Crippen molar-refractivity contribution in [3.05, 3.63) is 34.2 Å². The van der Waals surface area contributed by atoms with E-state index >= 15 is 0 Å². The molecule has 0 fully saturated rings. The SMILES string of the molecule is NC(CO)C(N)c1ccc2[nH]c(=O)[nH]c2c1. The molecule has 6 nitrogen and oxygen atoms in total. The van der Waals surface area contributed by atoms with Crippen molar-refractivity contribution in [2.45, 2.75) is 12.1 Å². The van der Waals surface area contributed by atoms with Gasteiger partial charge in [-0.3, -0.25) is 0 Å². The summed E-state index contributed by atoms with van der Waals surface area (Å²) in [6.07, 6.45) is 0. The van der Waals surface area contributed by atoms with Crippen molar-refractivity contribution < 1.29 is 5.11 Å². The van der Waals surface area contributed by atoms with E-state index in [1.807, 2.05) is 0 Å². The fourth-order valence-electron chi connectivity index (χ4n) is 1.62. The highest BCUT2D eigenvalue weighted by atomic mass is 16.3. The number of aromatic amines is 2. The monoisotopic (exact) mass is 222 g/mol. The van der Waals surface area contributed by atoms with Crippen LogP contribution in [-0.4, -0.2) is 27.7 Å². The van der Waals surface area contributed by atoms with Gasteiger partial charge in [0.2, 0.25) is 0 Å². The Hall–Kier alpha value is -1.63. The van der Waals surface area contributed by atoms with Gasteiger partial charge in [0.05, 0.1) is 17.6 Å². The fourth-order valence-corrected chi connectivity index (χ4v) is 1.62. The number of hydrogen-bond acceptors (Lipinski definition) is 4. The first-order valence-electron chi connectivity index (χ1n) is 4.96. The van der Waals surface area contributed by atoms with Crippen molar-refractivity contribution >= 4 is 11.0 Å². The quantitative estimate of drug-likeness (QED) is 0.465. The van der Waals surface area contributed by atoms with Gasteiger partial charge in [0.15, 0.2) is 0 Å². The van der Waals surface area contributed by atoms with Crippen LogP contribution in [0, 0.1) is 0 Å². The van der Waals surface area contributed by atoms with Crippen LogP contribution in [0.1, 0.15) is 11.6 Å². The van der Waals surface area contributed by atoms with Crippen LogP contribution in [0.15, 0.2) is 23.0 Å². The lowest BCUT2D eigenvalue weighted by Crippen LogP contribution is -2.37. The number of fused-ring (bicyclic) bond motifs is 1. The number of aliphatic hydroxyl groups excluding tert-OH is 1. The molecule has 0 saturated carbocycles. The zero-order valence-corrected chi connectivity index (χ0v) is 8.60. The van der Waals surface area contributed by atoms with Gasteiger partial charge in [0, 0.05) is 12.1 Å². The predicted octanol–water partition coefficient (Wildman–Crippen LogP) is -0.824. The molecule has 0 aliphatic heterocycles. The molecular weight excluding hydrogens is 208 g/mol. The van der Waals surface area contributed by atoms with Crippen LogP contribution in [0.5, 0.6) is 0 Å². The van der Waals surface area contributed by atoms with Gasteiger partial charge >= 0.3 is 5.69 Å². The third-order valence-electron chi connectivity index (χ3n) is 2.60. The second kappa shape index (κ2) is 4.09. The van der Waals surface area contributed by atoms with Gasteiger partial charge in [-0.1, -0.05) is 6.07 Å². The first-order chi connectivity index (χ1) is 7.61. The molecule has 2 atom stereocenters. The molecule has 2 unspecified atom stereocenters. The minimum atomic E-state index is -0.511. The Morgan fingerprint density at radius 1 is 1.25 bits per heavy atom. The second-order valence-electron chi connectivity index (χ2n) is 3.76. The summed E-state index contributed by atoms with van der Waals surface area (Å²) in [5.41, 5.74) is 13.4. The lowest BCUT2D eigenvalue weighted by atomic mass is 10.0. The molecule has 0 aliphatic rings. The molecule has 0 amide bonds. The summed E-state index contributed by atoms with van der Waals surface area (Å²) >= 11 is 0. The summed E-state index contributed by atoms with van der Waals surface area (Å²) in [5, 5.41) is 8.91. The molecule has 1 aromatic heterocycles. The lowest BCUT2D eigenvalue weighted by Gasteiger charge is -2.17. The van der Waals surface area contributed by atoms with Crippen molar-refractivity contribution in [1.82, 2.24) is 9.97 Å². The fraction of sp³-hybridized carbons (Fsp3) is 0.300. The van der Waals surface area contributed by atoms with E-state index in [1.54, 1.807) is 18.2 Å². The topological polar surface area (TPSA) is 121 Å². The number of nitrogens with two attached hydrogens (primary N) is 2. The molecular formula is C10H14N4O2. The summed E-state index contributed by atoms with van der Waals surface area (Å²) in [7, 11) is 0. The van der Waals surface area contributed by atoms with Gasteiger partial charge in [-0.15, -0.1) is 0 Å². The van der Waals surface area contributed by atoms with Crippen LogP contribution in [0.4, 0.5) is 0 Å². The van der Waals surface area contributed by atoms with Crippen LogP contribution in [0.25, 0.3) is 11.0 Å². The second-order valence-corrected chi connectivity index (χ2v) is 3.76. The van der Waals surface area contributed by atoms with Gasteiger partial charge in [0.25, 0.3) is 0 Å². The molecule has 0 spiro atoms. The molecule has 1 aromatic carbocycles. The molecule has 0 aliphatic carbocycles. The van der Waals surface area contributed by atoms with Gasteiger partial charge in [-0.2, -0.15) is 0 Å². The highest BCUT2D eigenvalue weighted by molar-refractivity contribution is 5.75. The molecule has 0 saturated heterocycles. The summed E-state index contributed by atoms with van der Waals surface area (Å²) in [5.74, 6) is 0. The van der Waals surface area contributed by atoms with E-state index in [4.69, 9.17) is 16.6 Å². The number of benzene rings is 1. The number of imidazole rings is 1. The Bertz CT molecular complexity index is 545. The van der Waals surface area contributed by atoms with E-state index in [1.165, 1.54) is 0 Å². The molecule has 6 heteroatoms. The van der Waals surface area contributed by atoms with Crippen molar-refractivity contribution in [2.24, 2.45) is 11.5 Å². The molecule has 2 aromatic rings. The van der Waals surface area contributed by atoms with E-state index in [9.17, 15) is 4.79 Å². The Morgan fingerprint density at radius 3 is 2.62 bits per heavy atom. The highest BCUT2D eigenvalue weighted by Gasteiger charge is 2.14. The smallest absolute Gasteiger partial charge is 0.323 e. The molecule has 1 heterocycles. The van der Waals surface area contributed by atoms with E-state index in [-0.39, 0.29) is 12.3 Å². The molecule has 0 radical (unpaired) electrons. The Kier molecular flexibility index (Phi) is 2.78. The maximum atomic E-state index is 11.1. The third-order valence-corrected chi connectivity index (χ3v) is 2.60. The summed E-state index contributed by atoms with van der Waals surface area (Å²) in [6.45, 7) is -0.178. The van der Waals surface area contributed by atoms with E-state index < -0.39 is 12.1 Å². The standard InChI is InChI=1S/C10H14N4O2/c11-6(4-15)9(12)5-1-2-7-8(3-5)14-10(16)13-7/h1-3,6,9,15H,4,11-12H2,(H2,13,14,16). The van der Waals surface area contributed by atoms with E-state index in [2.05, 4.69) is 9.97 Å². The van der Waals surface area contributed by atoms with Crippen molar-refractivity contribution in [3.63, 3.8) is 0 Å². The molecule has 16 heavy (non-hydrogen) atoms. The van der Waals surface area contributed by atoms with Gasteiger partial charge < -0.3 is 26.5 Å². The average molecular weight is 222 g/mol. The summed E-state index contributed by atoms with van der Waals surface area (Å²) in [6, 6.07) is 4.34. The van der Waals surface area contributed by atoms with Gasteiger partial charge in [-0.25, -0.2) is 4.79 Å². The zero-order valence-electron chi connectivity index (χ0n) is 8.60. The van der Waals surface area contributed by atoms with Crippen LogP contribution >= 0.6 is 0 Å². The van der Waals surface area contributed by atoms with E-state index in [0.717, 1.165) is 11.1 Å². The third kappa shape index (κ3) is 1.85. The number of nitrogens with one attached hydrogen (secondary N) is 2. The Morgan fingerprint density at radius 2 is 1.94 bits per heavy atom. The van der Waals surface area contributed by atoms with Crippen LogP contribution in [0.2, 0.25) is 0 Å². The Labute approximate surface area is 91.3 Å². The van der Waals surface area contributed by atoms with Crippen LogP contribution in [0.3, 0.4) is 0 Å². The summed E-state index contributed by atoms with van der Waals surface area (Å²) < 4.78 is 0. The molecule has 86 valence electrons. The number of H-pyrrole nitrogens is 2. The minimum Gasteiger partial charge on any atom is -0.395 e. The first-order valence-corrected chi connectivity index (χ1v) is 4.96. The van der Waals surface area contributed by atoms with Crippen LogP contribution in [-0.2, 0) is 0 Å².